The number of aliphatic imine (C=N–C) groups is 1. The first-order valence-electron chi connectivity index (χ1n) is 9.32. The molecule has 1 aromatic carbocycles. The Morgan fingerprint density at radius 3 is 2.71 bits per heavy atom. The molecular weight excluding hydrogens is 489 g/mol. The second kappa shape index (κ2) is 10.9. The second-order valence-corrected chi connectivity index (χ2v) is 8.73. The molecule has 0 aliphatic heterocycles. The first-order chi connectivity index (χ1) is 13.1. The summed E-state index contributed by atoms with van der Waals surface area (Å²) in [5.74, 6) is 1.11. The molecule has 1 saturated carbocycles. The van der Waals surface area contributed by atoms with Crippen LogP contribution in [0.1, 0.15) is 24.8 Å². The topological polar surface area (TPSA) is 95.5 Å². The first kappa shape index (κ1) is 22.8. The van der Waals surface area contributed by atoms with Gasteiger partial charge in [-0.2, -0.15) is 0 Å². The molecule has 2 aromatic rings. The van der Waals surface area contributed by atoms with E-state index >= 15 is 0 Å². The summed E-state index contributed by atoms with van der Waals surface area (Å²) >= 11 is 0. The molecule has 1 heterocycles. The molecule has 0 atom stereocenters. The fourth-order valence-electron chi connectivity index (χ4n) is 3.03. The van der Waals surface area contributed by atoms with E-state index in [1.807, 2.05) is 30.3 Å². The fourth-order valence-corrected chi connectivity index (χ4v) is 4.03. The van der Waals surface area contributed by atoms with Gasteiger partial charge in [-0.25, -0.2) is 13.1 Å². The maximum atomic E-state index is 12.1. The molecule has 0 amide bonds. The van der Waals surface area contributed by atoms with Gasteiger partial charge in [0.15, 0.2) is 5.96 Å². The van der Waals surface area contributed by atoms with E-state index in [4.69, 9.17) is 0 Å². The smallest absolute Gasteiger partial charge is 0.213 e. The predicted molar refractivity (Wildman–Crippen MR) is 124 cm³/mol. The number of aromatic nitrogens is 1. The molecular formula is C19H28IN5O2S. The van der Waals surface area contributed by atoms with Crippen LogP contribution in [0.5, 0.6) is 0 Å². The van der Waals surface area contributed by atoms with Crippen LogP contribution in [0.25, 0.3) is 10.9 Å². The summed E-state index contributed by atoms with van der Waals surface area (Å²) in [6.07, 6.45) is 5.25. The van der Waals surface area contributed by atoms with E-state index in [9.17, 15) is 8.42 Å². The van der Waals surface area contributed by atoms with Crippen molar-refractivity contribution in [2.45, 2.75) is 25.8 Å². The van der Waals surface area contributed by atoms with Gasteiger partial charge in [0.05, 0.1) is 11.3 Å². The molecule has 0 spiro atoms. The number of para-hydroxylation sites is 1. The molecule has 3 N–H and O–H groups in total. The minimum atomic E-state index is -3.26. The van der Waals surface area contributed by atoms with E-state index in [1.54, 1.807) is 13.2 Å². The highest BCUT2D eigenvalue weighted by Gasteiger charge is 2.20. The Morgan fingerprint density at radius 2 is 2.00 bits per heavy atom. The summed E-state index contributed by atoms with van der Waals surface area (Å²) in [5, 5.41) is 7.38. The van der Waals surface area contributed by atoms with Crippen LogP contribution >= 0.6 is 24.0 Å². The number of guanidine groups is 1. The quantitative estimate of drug-likeness (QED) is 0.284. The van der Waals surface area contributed by atoms with E-state index in [0.29, 0.717) is 31.5 Å². The van der Waals surface area contributed by atoms with Crippen molar-refractivity contribution in [3.63, 3.8) is 0 Å². The van der Waals surface area contributed by atoms with Gasteiger partial charge in [-0.05, 0) is 36.5 Å². The van der Waals surface area contributed by atoms with Crippen LogP contribution in [0.4, 0.5) is 0 Å². The number of halogens is 1. The lowest BCUT2D eigenvalue weighted by atomic mass is 9.86. The van der Waals surface area contributed by atoms with Crippen LogP contribution in [-0.4, -0.2) is 45.3 Å². The van der Waals surface area contributed by atoms with Crippen LogP contribution in [-0.2, 0) is 16.6 Å². The van der Waals surface area contributed by atoms with Gasteiger partial charge >= 0.3 is 0 Å². The summed E-state index contributed by atoms with van der Waals surface area (Å²) in [5.41, 5.74) is 2.06. The summed E-state index contributed by atoms with van der Waals surface area (Å²) in [7, 11) is -1.59. The van der Waals surface area contributed by atoms with Gasteiger partial charge in [-0.1, -0.05) is 24.6 Å². The number of sulfonamides is 1. The van der Waals surface area contributed by atoms with E-state index in [0.717, 1.165) is 29.3 Å². The Kier molecular flexibility index (Phi) is 8.90. The van der Waals surface area contributed by atoms with Crippen molar-refractivity contribution in [2.75, 3.05) is 25.9 Å². The van der Waals surface area contributed by atoms with Gasteiger partial charge in [0.1, 0.15) is 0 Å². The summed E-state index contributed by atoms with van der Waals surface area (Å²) in [6, 6.07) is 9.94. The molecule has 1 fully saturated rings. The summed E-state index contributed by atoms with van der Waals surface area (Å²) < 4.78 is 26.8. The van der Waals surface area contributed by atoms with Gasteiger partial charge < -0.3 is 10.6 Å². The molecule has 154 valence electrons. The fraction of sp³-hybridized carbons (Fsp3) is 0.474. The molecule has 3 rings (SSSR count). The van der Waals surface area contributed by atoms with Crippen molar-refractivity contribution >= 4 is 50.9 Å². The molecule has 28 heavy (non-hydrogen) atoms. The summed E-state index contributed by atoms with van der Waals surface area (Å²) in [6.45, 7) is 1.44. The lowest BCUT2D eigenvalue weighted by molar-refractivity contribution is 0.316. The number of hydrogen-bond donors (Lipinski definition) is 3. The zero-order valence-electron chi connectivity index (χ0n) is 16.0. The molecule has 1 aliphatic carbocycles. The number of nitrogens with zero attached hydrogens (tertiary/aromatic N) is 2. The number of hydrogen-bond acceptors (Lipinski definition) is 4. The third-order valence-electron chi connectivity index (χ3n) is 4.89. The molecule has 0 bridgehead atoms. The van der Waals surface area contributed by atoms with Crippen molar-refractivity contribution in [1.29, 1.82) is 0 Å². The summed E-state index contributed by atoms with van der Waals surface area (Å²) in [4.78, 5) is 8.52. The normalized spacial score (nSPS) is 15.0. The lowest BCUT2D eigenvalue weighted by Gasteiger charge is -2.25. The molecule has 7 nitrogen and oxygen atoms in total. The van der Waals surface area contributed by atoms with Crippen molar-refractivity contribution in [2.24, 2.45) is 10.9 Å². The second-order valence-electron chi connectivity index (χ2n) is 6.80. The van der Waals surface area contributed by atoms with Crippen LogP contribution < -0.4 is 15.4 Å². The van der Waals surface area contributed by atoms with Gasteiger partial charge in [-0.15, -0.1) is 24.0 Å². The number of rotatable bonds is 8. The largest absolute Gasteiger partial charge is 0.355 e. The van der Waals surface area contributed by atoms with E-state index < -0.39 is 10.0 Å². The number of nitrogens with one attached hydrogen (secondary N) is 3. The zero-order valence-corrected chi connectivity index (χ0v) is 19.2. The Bertz CT molecular complexity index is 895. The SMILES string of the molecule is CN=C(NCCS(=O)(=O)NCC1CCC1)NCc1ccnc2ccccc12.I. The van der Waals surface area contributed by atoms with Crippen molar-refractivity contribution in [3.8, 4) is 0 Å². The van der Waals surface area contributed by atoms with Gasteiger partial charge in [0, 0.05) is 38.3 Å². The average Bonchev–Trinajstić information content (AvgIpc) is 2.63. The molecule has 0 saturated heterocycles. The van der Waals surface area contributed by atoms with Gasteiger partial charge in [0.2, 0.25) is 10.0 Å². The standard InChI is InChI=1S/C19H27N5O2S.HI/c1-20-19(22-11-12-27(25,26)24-13-15-5-4-6-15)23-14-16-9-10-21-18-8-3-2-7-17(16)18;/h2-3,7-10,15,24H,4-6,11-14H2,1H3,(H2,20,22,23);1H. The maximum absolute atomic E-state index is 12.1. The van der Waals surface area contributed by atoms with Crippen molar-refractivity contribution < 1.29 is 8.42 Å². The highest BCUT2D eigenvalue weighted by atomic mass is 127. The van der Waals surface area contributed by atoms with Crippen LogP contribution in [0.15, 0.2) is 41.5 Å². The van der Waals surface area contributed by atoms with Gasteiger partial charge in [-0.3, -0.25) is 9.98 Å². The van der Waals surface area contributed by atoms with Crippen LogP contribution in [0.3, 0.4) is 0 Å². The van der Waals surface area contributed by atoms with E-state index in [-0.39, 0.29) is 29.7 Å². The van der Waals surface area contributed by atoms with Crippen LogP contribution in [0, 0.1) is 5.92 Å². The molecule has 0 radical (unpaired) electrons. The molecule has 1 aromatic heterocycles. The van der Waals surface area contributed by atoms with Crippen LogP contribution in [0.2, 0.25) is 0 Å². The highest BCUT2D eigenvalue weighted by Crippen LogP contribution is 2.25. The molecule has 0 unspecified atom stereocenters. The lowest BCUT2D eigenvalue weighted by Crippen LogP contribution is -2.41. The Hall–Kier alpha value is -1.46. The van der Waals surface area contributed by atoms with E-state index in [2.05, 4.69) is 25.3 Å². The first-order valence-corrected chi connectivity index (χ1v) is 11.0. The highest BCUT2D eigenvalue weighted by molar-refractivity contribution is 14.0. The third-order valence-corrected chi connectivity index (χ3v) is 6.24. The van der Waals surface area contributed by atoms with E-state index in [1.165, 1.54) is 6.42 Å². The maximum Gasteiger partial charge on any atom is 0.213 e. The zero-order chi connectivity index (χ0) is 19.1. The van der Waals surface area contributed by atoms with Gasteiger partial charge in [0.25, 0.3) is 0 Å². The number of fused-ring (bicyclic) bond motifs is 1. The average molecular weight is 517 g/mol. The Balaban J connectivity index is 0.00000280. The van der Waals surface area contributed by atoms with Crippen molar-refractivity contribution in [3.05, 3.63) is 42.1 Å². The van der Waals surface area contributed by atoms with Crippen molar-refractivity contribution in [1.82, 2.24) is 20.3 Å². The molecule has 1 aliphatic rings. The molecule has 9 heteroatoms. The predicted octanol–water partition coefficient (Wildman–Crippen LogP) is 2.24. The Labute approximate surface area is 183 Å². The number of benzene rings is 1. The minimum Gasteiger partial charge on any atom is -0.355 e. The number of pyridine rings is 1. The monoisotopic (exact) mass is 517 g/mol. The third kappa shape index (κ3) is 6.56. The minimum absolute atomic E-state index is 0. The Morgan fingerprint density at radius 1 is 1.21 bits per heavy atom.